The zero-order valence-corrected chi connectivity index (χ0v) is 19.1. The third-order valence-electron chi connectivity index (χ3n) is 6.84. The molecule has 180 valence electrons. The summed E-state index contributed by atoms with van der Waals surface area (Å²) in [5, 5.41) is 3.72. The lowest BCUT2D eigenvalue weighted by Gasteiger charge is -2.33. The number of aromatic nitrogens is 2. The van der Waals surface area contributed by atoms with Crippen molar-refractivity contribution in [2.24, 2.45) is 5.92 Å². The van der Waals surface area contributed by atoms with Crippen molar-refractivity contribution in [1.82, 2.24) is 14.5 Å². The Balaban J connectivity index is 1.10. The van der Waals surface area contributed by atoms with Gasteiger partial charge in [0, 0.05) is 44.7 Å². The van der Waals surface area contributed by atoms with E-state index in [1.54, 1.807) is 18.2 Å². The summed E-state index contributed by atoms with van der Waals surface area (Å²) >= 11 is 0. The van der Waals surface area contributed by atoms with Crippen LogP contribution in [0.2, 0.25) is 0 Å². The lowest BCUT2D eigenvalue weighted by molar-refractivity contribution is -0.118. The number of hydrogen-bond donors (Lipinski definition) is 1. The Labute approximate surface area is 201 Å². The number of nitrogens with zero attached hydrogens (tertiary/aromatic N) is 4. The Bertz CT molecular complexity index is 1370. The molecule has 1 aromatic carbocycles. The van der Waals surface area contributed by atoms with Crippen molar-refractivity contribution in [1.29, 1.82) is 0 Å². The molecule has 6 rings (SSSR count). The monoisotopic (exact) mass is 475 g/mol. The van der Waals surface area contributed by atoms with Crippen molar-refractivity contribution in [3.05, 3.63) is 58.9 Å². The first-order valence-electron chi connectivity index (χ1n) is 11.8. The number of nitrogens with one attached hydrogen (secondary N) is 1. The third kappa shape index (κ3) is 4.10. The van der Waals surface area contributed by atoms with E-state index in [9.17, 15) is 14.4 Å². The van der Waals surface area contributed by atoms with Crippen LogP contribution in [-0.2, 0) is 16.1 Å². The molecule has 0 bridgehead atoms. The van der Waals surface area contributed by atoms with E-state index in [0.29, 0.717) is 37.0 Å². The van der Waals surface area contributed by atoms with Gasteiger partial charge in [0.2, 0.25) is 0 Å². The first-order chi connectivity index (χ1) is 17.0. The van der Waals surface area contributed by atoms with Gasteiger partial charge in [0.25, 0.3) is 11.5 Å². The zero-order chi connectivity index (χ0) is 23.9. The zero-order valence-electron chi connectivity index (χ0n) is 19.1. The summed E-state index contributed by atoms with van der Waals surface area (Å²) in [5.41, 5.74) is 0.946. The van der Waals surface area contributed by atoms with Crippen LogP contribution in [0.3, 0.4) is 0 Å². The molecule has 10 nitrogen and oxygen atoms in total. The maximum Gasteiger partial charge on any atom is 0.415 e. The molecular formula is C25H25N5O5. The number of likely N-dealkylation sites (tertiary alicyclic amines) is 1. The molecule has 0 unspecified atom stereocenters. The highest BCUT2D eigenvalue weighted by atomic mass is 16.6. The van der Waals surface area contributed by atoms with E-state index in [1.807, 2.05) is 34.9 Å². The number of aryl methyl sites for hydroxylation is 1. The standard InChI is InChI=1S/C25H25N5O5/c31-22-15-34-19-7-8-21(26-24(19)27-22)30-13-17-12-28(14-20(17)35-25(30)33)10-3-11-29-18-5-2-1-4-16(18)6-9-23(29)32/h1-2,4-9,17,20H,3,10-15H2,(H,26,27,31)/t17-,20-/m0/s1. The molecule has 5 heterocycles. The lowest BCUT2D eigenvalue weighted by Crippen LogP contribution is -2.48. The molecule has 2 atom stereocenters. The van der Waals surface area contributed by atoms with E-state index in [2.05, 4.69) is 15.2 Å². The molecule has 2 amide bonds. The predicted molar refractivity (Wildman–Crippen MR) is 129 cm³/mol. The Morgan fingerprint density at radius 1 is 0.971 bits per heavy atom. The van der Waals surface area contributed by atoms with Crippen molar-refractivity contribution in [2.75, 3.05) is 43.0 Å². The van der Waals surface area contributed by atoms with Gasteiger partial charge in [-0.1, -0.05) is 18.2 Å². The van der Waals surface area contributed by atoms with Gasteiger partial charge in [-0.3, -0.25) is 19.4 Å². The number of carbonyl (C=O) groups is 2. The molecule has 3 aliphatic rings. The molecule has 2 fully saturated rings. The number of benzene rings is 1. The van der Waals surface area contributed by atoms with E-state index in [-0.39, 0.29) is 30.1 Å². The molecule has 0 saturated carbocycles. The second-order valence-electron chi connectivity index (χ2n) is 9.14. The average Bonchev–Trinajstić information content (AvgIpc) is 3.25. The van der Waals surface area contributed by atoms with Gasteiger partial charge in [-0.05, 0) is 36.1 Å². The molecule has 10 heteroatoms. The number of ether oxygens (including phenoxy) is 2. The topological polar surface area (TPSA) is 106 Å². The Kier molecular flexibility index (Phi) is 5.37. The second-order valence-corrected chi connectivity index (χ2v) is 9.14. The Hall–Kier alpha value is -3.92. The van der Waals surface area contributed by atoms with Crippen molar-refractivity contribution in [3.8, 4) is 5.75 Å². The first-order valence-corrected chi connectivity index (χ1v) is 11.8. The predicted octanol–water partition coefficient (Wildman–Crippen LogP) is 2.07. The second kappa shape index (κ2) is 8.70. The van der Waals surface area contributed by atoms with Gasteiger partial charge in [-0.15, -0.1) is 0 Å². The number of para-hydroxylation sites is 1. The number of hydrogen-bond acceptors (Lipinski definition) is 7. The fraction of sp³-hybridized carbons (Fsp3) is 0.360. The summed E-state index contributed by atoms with van der Waals surface area (Å²) in [4.78, 5) is 45.0. The quantitative estimate of drug-likeness (QED) is 0.602. The Morgan fingerprint density at radius 3 is 2.77 bits per heavy atom. The SMILES string of the molecule is O=C1COc2ccc(N3C[C@@H]4CN(CCCn5c(=O)ccc6ccccc65)C[C@@H]4OC3=O)nc2N1. The maximum atomic E-state index is 12.7. The number of amides is 2. The van der Waals surface area contributed by atoms with Crippen LogP contribution < -0.4 is 20.5 Å². The summed E-state index contributed by atoms with van der Waals surface area (Å²) in [6.07, 6.45) is 0.211. The molecular weight excluding hydrogens is 450 g/mol. The Morgan fingerprint density at radius 2 is 1.86 bits per heavy atom. The van der Waals surface area contributed by atoms with Gasteiger partial charge in [0.05, 0.1) is 5.52 Å². The summed E-state index contributed by atoms with van der Waals surface area (Å²) in [6.45, 7) is 3.35. The number of pyridine rings is 2. The van der Waals surface area contributed by atoms with Gasteiger partial charge >= 0.3 is 6.09 Å². The highest BCUT2D eigenvalue weighted by molar-refractivity contribution is 5.95. The fourth-order valence-corrected chi connectivity index (χ4v) is 5.14. The van der Waals surface area contributed by atoms with Crippen LogP contribution in [0.1, 0.15) is 6.42 Å². The van der Waals surface area contributed by atoms with E-state index >= 15 is 0 Å². The first kappa shape index (κ1) is 21.6. The summed E-state index contributed by atoms with van der Waals surface area (Å²) in [5.74, 6) is 1.09. The molecule has 2 saturated heterocycles. The van der Waals surface area contributed by atoms with Crippen LogP contribution >= 0.6 is 0 Å². The highest BCUT2D eigenvalue weighted by Crippen LogP contribution is 2.32. The largest absolute Gasteiger partial charge is 0.480 e. The van der Waals surface area contributed by atoms with E-state index in [1.165, 1.54) is 4.90 Å². The van der Waals surface area contributed by atoms with Gasteiger partial charge in [0.1, 0.15) is 11.9 Å². The molecule has 35 heavy (non-hydrogen) atoms. The third-order valence-corrected chi connectivity index (χ3v) is 6.84. The maximum absolute atomic E-state index is 12.7. The van der Waals surface area contributed by atoms with E-state index in [0.717, 1.165) is 30.4 Å². The van der Waals surface area contributed by atoms with Crippen LogP contribution in [0.5, 0.6) is 5.75 Å². The van der Waals surface area contributed by atoms with Gasteiger partial charge < -0.3 is 19.4 Å². The van der Waals surface area contributed by atoms with Crippen LogP contribution in [0.15, 0.2) is 53.3 Å². The summed E-state index contributed by atoms with van der Waals surface area (Å²) in [7, 11) is 0. The minimum atomic E-state index is -0.439. The molecule has 1 N–H and O–H groups in total. The lowest BCUT2D eigenvalue weighted by atomic mass is 10.0. The van der Waals surface area contributed by atoms with E-state index in [4.69, 9.17) is 9.47 Å². The van der Waals surface area contributed by atoms with E-state index < -0.39 is 6.09 Å². The van der Waals surface area contributed by atoms with Crippen LogP contribution in [0.25, 0.3) is 10.9 Å². The van der Waals surface area contributed by atoms with Gasteiger partial charge in [0.15, 0.2) is 18.2 Å². The highest BCUT2D eigenvalue weighted by Gasteiger charge is 2.42. The number of anilines is 2. The molecule has 2 aromatic heterocycles. The molecule has 3 aliphatic heterocycles. The van der Waals surface area contributed by atoms with Crippen molar-refractivity contribution >= 4 is 34.5 Å². The normalized spacial score (nSPS) is 21.8. The van der Waals surface area contributed by atoms with Crippen LogP contribution in [-0.4, -0.2) is 65.3 Å². The van der Waals surface area contributed by atoms with Crippen molar-refractivity contribution < 1.29 is 19.1 Å². The van der Waals surface area contributed by atoms with Crippen LogP contribution in [0, 0.1) is 5.92 Å². The molecule has 3 aromatic rings. The summed E-state index contributed by atoms with van der Waals surface area (Å²) < 4.78 is 12.9. The molecule has 0 spiro atoms. The number of carbonyl (C=O) groups excluding carboxylic acids is 2. The summed E-state index contributed by atoms with van der Waals surface area (Å²) in [6, 6.07) is 14.8. The molecule has 0 radical (unpaired) electrons. The van der Waals surface area contributed by atoms with Gasteiger partial charge in [-0.25, -0.2) is 9.78 Å². The average molecular weight is 476 g/mol. The van der Waals surface area contributed by atoms with Gasteiger partial charge in [-0.2, -0.15) is 0 Å². The van der Waals surface area contributed by atoms with Crippen molar-refractivity contribution in [3.63, 3.8) is 0 Å². The number of fused-ring (bicyclic) bond motifs is 3. The minimum Gasteiger partial charge on any atom is -0.480 e. The van der Waals surface area contributed by atoms with Crippen molar-refractivity contribution in [2.45, 2.75) is 19.1 Å². The van der Waals surface area contributed by atoms with Crippen LogP contribution in [0.4, 0.5) is 16.4 Å². The fourth-order valence-electron chi connectivity index (χ4n) is 5.14. The smallest absolute Gasteiger partial charge is 0.415 e. The number of rotatable bonds is 5. The molecule has 0 aliphatic carbocycles. The minimum absolute atomic E-state index is 0.00232.